The van der Waals surface area contributed by atoms with Crippen molar-refractivity contribution in [2.75, 3.05) is 0 Å². The van der Waals surface area contributed by atoms with Gasteiger partial charge in [-0.25, -0.2) is 4.79 Å². The van der Waals surface area contributed by atoms with E-state index >= 15 is 0 Å². The molecule has 0 bridgehead atoms. The van der Waals surface area contributed by atoms with Crippen molar-refractivity contribution in [3.8, 4) is 0 Å². The number of carbonyl (C=O) groups excluding carboxylic acids is 1. The van der Waals surface area contributed by atoms with Gasteiger partial charge in [-0.05, 0) is 33.8 Å². The van der Waals surface area contributed by atoms with Gasteiger partial charge in [-0.15, -0.1) is 0 Å². The summed E-state index contributed by atoms with van der Waals surface area (Å²) in [7, 11) is 0. The summed E-state index contributed by atoms with van der Waals surface area (Å²) in [5.41, 5.74) is -0.865. The predicted molar refractivity (Wildman–Crippen MR) is 70.3 cm³/mol. The van der Waals surface area contributed by atoms with Gasteiger partial charge in [0, 0.05) is 17.8 Å². The fourth-order valence-electron chi connectivity index (χ4n) is 1.53. The van der Waals surface area contributed by atoms with Crippen LogP contribution in [-0.4, -0.2) is 27.1 Å². The molecule has 19 heavy (non-hydrogen) atoms. The Morgan fingerprint density at radius 2 is 1.89 bits per heavy atom. The Labute approximate surface area is 111 Å². The van der Waals surface area contributed by atoms with E-state index in [4.69, 9.17) is 5.11 Å². The Kier molecular flexibility index (Phi) is 4.14. The van der Waals surface area contributed by atoms with Gasteiger partial charge in [0.1, 0.15) is 6.04 Å². The fourth-order valence-corrected chi connectivity index (χ4v) is 1.53. The molecular formula is C13H18N2O4. The third-order valence-electron chi connectivity index (χ3n) is 2.48. The summed E-state index contributed by atoms with van der Waals surface area (Å²) in [6.45, 7) is 7.03. The third kappa shape index (κ3) is 3.94. The summed E-state index contributed by atoms with van der Waals surface area (Å²) < 4.78 is 1.12. The van der Waals surface area contributed by atoms with Crippen molar-refractivity contribution >= 4 is 11.9 Å². The molecule has 1 unspecified atom stereocenters. The molecule has 6 heteroatoms. The number of nitrogens with one attached hydrogen (secondary N) is 1. The maximum Gasteiger partial charge on any atom is 0.337 e. The van der Waals surface area contributed by atoms with Gasteiger partial charge in [-0.2, -0.15) is 0 Å². The molecule has 0 saturated heterocycles. The number of hydrogen-bond acceptors (Lipinski definition) is 3. The molecule has 1 aromatic heterocycles. The highest BCUT2D eigenvalue weighted by atomic mass is 16.4. The summed E-state index contributed by atoms with van der Waals surface area (Å²) in [5.74, 6) is -1.48. The van der Waals surface area contributed by atoms with Gasteiger partial charge in [0.15, 0.2) is 0 Å². The van der Waals surface area contributed by atoms with E-state index in [9.17, 15) is 14.4 Å². The fraction of sp³-hybridized carbons (Fsp3) is 0.462. The smallest absolute Gasteiger partial charge is 0.337 e. The molecule has 0 fully saturated rings. The van der Waals surface area contributed by atoms with Crippen LogP contribution in [0.25, 0.3) is 0 Å². The zero-order valence-corrected chi connectivity index (χ0v) is 11.4. The van der Waals surface area contributed by atoms with Gasteiger partial charge in [0.25, 0.3) is 5.56 Å². The molecule has 1 atom stereocenters. The van der Waals surface area contributed by atoms with Gasteiger partial charge in [0.05, 0.1) is 5.56 Å². The molecule has 0 aliphatic rings. The maximum absolute atomic E-state index is 12.0. The second-order valence-electron chi connectivity index (χ2n) is 5.38. The van der Waals surface area contributed by atoms with Crippen LogP contribution in [0.1, 0.15) is 44.1 Å². The average molecular weight is 266 g/mol. The molecule has 0 aliphatic carbocycles. The first-order valence-electron chi connectivity index (χ1n) is 5.89. The van der Waals surface area contributed by atoms with Crippen molar-refractivity contribution in [1.82, 2.24) is 9.88 Å². The first kappa shape index (κ1) is 14.9. The van der Waals surface area contributed by atoms with Gasteiger partial charge in [-0.3, -0.25) is 9.59 Å². The van der Waals surface area contributed by atoms with E-state index in [0.717, 1.165) is 10.6 Å². The van der Waals surface area contributed by atoms with Crippen LogP contribution >= 0.6 is 0 Å². The quantitative estimate of drug-likeness (QED) is 0.855. The van der Waals surface area contributed by atoms with E-state index in [1.165, 1.54) is 12.3 Å². The molecule has 0 radical (unpaired) electrons. The van der Waals surface area contributed by atoms with Gasteiger partial charge in [0.2, 0.25) is 5.91 Å². The minimum atomic E-state index is -1.14. The number of pyridine rings is 1. The highest BCUT2D eigenvalue weighted by Crippen LogP contribution is 2.08. The lowest BCUT2D eigenvalue weighted by Crippen LogP contribution is -2.45. The van der Waals surface area contributed by atoms with Crippen molar-refractivity contribution in [3.63, 3.8) is 0 Å². The number of carbonyl (C=O) groups is 2. The number of amides is 1. The lowest BCUT2D eigenvalue weighted by atomic mass is 10.1. The van der Waals surface area contributed by atoms with Crippen LogP contribution in [0.3, 0.4) is 0 Å². The monoisotopic (exact) mass is 266 g/mol. The lowest BCUT2D eigenvalue weighted by molar-refractivity contribution is -0.125. The van der Waals surface area contributed by atoms with Crippen LogP contribution in [-0.2, 0) is 4.79 Å². The Morgan fingerprint density at radius 1 is 1.32 bits per heavy atom. The highest BCUT2D eigenvalue weighted by Gasteiger charge is 2.21. The summed E-state index contributed by atoms with van der Waals surface area (Å²) in [4.78, 5) is 34.5. The minimum Gasteiger partial charge on any atom is -0.478 e. The van der Waals surface area contributed by atoms with E-state index in [2.05, 4.69) is 5.32 Å². The Morgan fingerprint density at radius 3 is 2.37 bits per heavy atom. The van der Waals surface area contributed by atoms with Crippen molar-refractivity contribution in [2.45, 2.75) is 39.3 Å². The Bertz CT molecular complexity index is 554. The first-order chi connectivity index (χ1) is 8.61. The second-order valence-corrected chi connectivity index (χ2v) is 5.38. The molecule has 0 spiro atoms. The predicted octanol–water partition coefficient (Wildman–Crippen LogP) is 1.02. The van der Waals surface area contributed by atoms with Crippen molar-refractivity contribution in [2.24, 2.45) is 0 Å². The number of hydrogen-bond donors (Lipinski definition) is 2. The van der Waals surface area contributed by atoms with Crippen LogP contribution in [0.15, 0.2) is 23.1 Å². The van der Waals surface area contributed by atoms with Gasteiger partial charge in [-0.1, -0.05) is 0 Å². The SMILES string of the molecule is CC(C(=O)NC(C)(C)C)n1cc(C(=O)O)ccc1=O. The summed E-state index contributed by atoms with van der Waals surface area (Å²) in [6, 6.07) is 1.59. The van der Waals surface area contributed by atoms with Crippen LogP contribution in [0.5, 0.6) is 0 Å². The van der Waals surface area contributed by atoms with Crippen molar-refractivity contribution in [3.05, 3.63) is 34.2 Å². The van der Waals surface area contributed by atoms with Crippen LogP contribution in [0.4, 0.5) is 0 Å². The molecule has 0 saturated carbocycles. The molecule has 1 heterocycles. The standard InChI is InChI=1S/C13H18N2O4/c1-8(11(17)14-13(2,3)4)15-7-9(12(18)19)5-6-10(15)16/h5-8H,1-4H3,(H,14,17)(H,18,19). The van der Waals surface area contributed by atoms with Crippen LogP contribution in [0.2, 0.25) is 0 Å². The molecule has 1 rings (SSSR count). The largest absolute Gasteiger partial charge is 0.478 e. The van der Waals surface area contributed by atoms with E-state index < -0.39 is 23.1 Å². The molecule has 2 N–H and O–H groups in total. The third-order valence-corrected chi connectivity index (χ3v) is 2.48. The number of carboxylic acid groups (broad SMARTS) is 1. The lowest BCUT2D eigenvalue weighted by Gasteiger charge is -2.24. The van der Waals surface area contributed by atoms with Crippen molar-refractivity contribution < 1.29 is 14.7 Å². The molecule has 1 aromatic rings. The van der Waals surface area contributed by atoms with Gasteiger partial charge < -0.3 is 15.0 Å². The molecule has 0 aromatic carbocycles. The topological polar surface area (TPSA) is 88.4 Å². The summed E-state index contributed by atoms with van der Waals surface area (Å²) >= 11 is 0. The van der Waals surface area contributed by atoms with E-state index in [-0.39, 0.29) is 11.5 Å². The average Bonchev–Trinajstić information content (AvgIpc) is 2.26. The minimum absolute atomic E-state index is 0.0324. The number of rotatable bonds is 3. The molecule has 0 aliphatic heterocycles. The van der Waals surface area contributed by atoms with E-state index in [1.807, 2.05) is 20.8 Å². The number of nitrogens with zero attached hydrogens (tertiary/aromatic N) is 1. The van der Waals surface area contributed by atoms with Crippen LogP contribution < -0.4 is 10.9 Å². The number of carboxylic acids is 1. The number of aromatic carboxylic acids is 1. The molecular weight excluding hydrogens is 248 g/mol. The molecule has 104 valence electrons. The normalized spacial score (nSPS) is 12.8. The Hall–Kier alpha value is -2.11. The first-order valence-corrected chi connectivity index (χ1v) is 5.89. The van der Waals surface area contributed by atoms with E-state index in [0.29, 0.717) is 0 Å². The van der Waals surface area contributed by atoms with Gasteiger partial charge >= 0.3 is 5.97 Å². The second kappa shape index (κ2) is 5.26. The summed E-state index contributed by atoms with van der Waals surface area (Å²) in [5, 5.41) is 11.6. The maximum atomic E-state index is 12.0. The number of aromatic nitrogens is 1. The molecule has 1 amide bonds. The van der Waals surface area contributed by atoms with Crippen LogP contribution in [0, 0.1) is 0 Å². The highest BCUT2D eigenvalue weighted by molar-refractivity contribution is 5.87. The zero-order valence-electron chi connectivity index (χ0n) is 11.4. The Balaban J connectivity index is 3.08. The zero-order chi connectivity index (χ0) is 14.8. The summed E-state index contributed by atoms with van der Waals surface area (Å²) in [6.07, 6.45) is 1.18. The molecule has 6 nitrogen and oxygen atoms in total. The van der Waals surface area contributed by atoms with Crippen molar-refractivity contribution in [1.29, 1.82) is 0 Å². The van der Waals surface area contributed by atoms with E-state index in [1.54, 1.807) is 6.92 Å².